The number of aryl methyl sites for hydroxylation is 1. The molecule has 0 radical (unpaired) electrons. The van der Waals surface area contributed by atoms with Gasteiger partial charge in [0.1, 0.15) is 11.9 Å². The number of hydrogen-bond acceptors (Lipinski definition) is 4. The summed E-state index contributed by atoms with van der Waals surface area (Å²) in [5.41, 5.74) is -1.49. The van der Waals surface area contributed by atoms with Crippen LogP contribution in [0.3, 0.4) is 0 Å². The molecule has 0 atom stereocenters. The molecule has 0 bridgehead atoms. The lowest BCUT2D eigenvalue weighted by Gasteiger charge is -2.11. The molecule has 112 valence electrons. The predicted molar refractivity (Wildman–Crippen MR) is 71.0 cm³/mol. The van der Waals surface area contributed by atoms with Crippen LogP contribution >= 0.6 is 0 Å². The lowest BCUT2D eigenvalue weighted by atomic mass is 10.1. The summed E-state index contributed by atoms with van der Waals surface area (Å²) >= 11 is 0. The molecule has 0 saturated carbocycles. The maximum Gasteiger partial charge on any atom is 0.341 e. The van der Waals surface area contributed by atoms with E-state index in [9.17, 15) is 18.4 Å². The van der Waals surface area contributed by atoms with E-state index in [2.05, 4.69) is 10.1 Å². The molecule has 0 amide bonds. The second-order valence-corrected chi connectivity index (χ2v) is 4.51. The van der Waals surface area contributed by atoms with E-state index >= 15 is 0 Å². The van der Waals surface area contributed by atoms with E-state index in [0.717, 1.165) is 12.3 Å². The van der Waals surface area contributed by atoms with Crippen molar-refractivity contribution in [2.75, 3.05) is 0 Å². The van der Waals surface area contributed by atoms with Crippen LogP contribution in [0.4, 0.5) is 8.78 Å². The monoisotopic (exact) mass is 306 g/mol. The van der Waals surface area contributed by atoms with Crippen LogP contribution in [0.15, 0.2) is 29.5 Å². The third kappa shape index (κ3) is 1.94. The zero-order valence-corrected chi connectivity index (χ0v) is 11.1. The van der Waals surface area contributed by atoms with Crippen LogP contribution in [0, 0.1) is 11.6 Å². The van der Waals surface area contributed by atoms with Gasteiger partial charge in [0, 0.05) is 19.3 Å². The second-order valence-electron chi connectivity index (χ2n) is 4.51. The molecule has 0 fully saturated rings. The van der Waals surface area contributed by atoms with E-state index in [4.69, 9.17) is 5.11 Å². The number of rotatable bonds is 2. The standard InChI is InChI=1S/C13H8F2N4O3/c1-18-13(16-5-17-18)19-4-7(12(21)22)11(20)6-2-8(14)9(15)3-10(6)19/h2-5H,1H3,(H,21,22). The van der Waals surface area contributed by atoms with Gasteiger partial charge >= 0.3 is 5.97 Å². The molecule has 1 N–H and O–H groups in total. The molecular formula is C13H8F2N4O3. The largest absolute Gasteiger partial charge is 0.477 e. The van der Waals surface area contributed by atoms with Crippen molar-refractivity contribution >= 4 is 16.9 Å². The number of fused-ring (bicyclic) bond motifs is 1. The molecule has 0 aliphatic rings. The van der Waals surface area contributed by atoms with Gasteiger partial charge in [-0.2, -0.15) is 10.1 Å². The van der Waals surface area contributed by atoms with Gasteiger partial charge in [-0.25, -0.2) is 18.3 Å². The number of aromatic nitrogens is 4. The first kappa shape index (κ1) is 13.9. The topological polar surface area (TPSA) is 90.0 Å². The van der Waals surface area contributed by atoms with Crippen LogP contribution in [-0.2, 0) is 7.05 Å². The maximum absolute atomic E-state index is 13.5. The first-order chi connectivity index (χ1) is 10.4. The Morgan fingerprint density at radius 2 is 1.95 bits per heavy atom. The molecule has 9 heteroatoms. The van der Waals surface area contributed by atoms with Crippen LogP contribution in [-0.4, -0.2) is 30.4 Å². The van der Waals surface area contributed by atoms with Crippen molar-refractivity contribution in [3.63, 3.8) is 0 Å². The Morgan fingerprint density at radius 1 is 1.27 bits per heavy atom. The highest BCUT2D eigenvalue weighted by molar-refractivity contribution is 5.93. The van der Waals surface area contributed by atoms with E-state index in [-0.39, 0.29) is 16.9 Å². The third-order valence-corrected chi connectivity index (χ3v) is 3.18. The molecule has 7 nitrogen and oxygen atoms in total. The van der Waals surface area contributed by atoms with Gasteiger partial charge in [-0.1, -0.05) is 0 Å². The quantitative estimate of drug-likeness (QED) is 0.765. The lowest BCUT2D eigenvalue weighted by molar-refractivity contribution is 0.0695. The Kier molecular flexibility index (Phi) is 2.98. The summed E-state index contributed by atoms with van der Waals surface area (Å²) in [7, 11) is 1.53. The second kappa shape index (κ2) is 4.72. The third-order valence-electron chi connectivity index (χ3n) is 3.18. The number of benzene rings is 1. The predicted octanol–water partition coefficient (Wildman–Crippen LogP) is 1.10. The average molecular weight is 306 g/mol. The highest BCUT2D eigenvalue weighted by atomic mass is 19.2. The van der Waals surface area contributed by atoms with Gasteiger partial charge < -0.3 is 5.11 Å². The molecule has 2 heterocycles. The Hall–Kier alpha value is -3.10. The van der Waals surface area contributed by atoms with Crippen molar-refractivity contribution in [2.45, 2.75) is 0 Å². The number of nitrogens with zero attached hydrogens (tertiary/aromatic N) is 4. The Labute approximate surface area is 121 Å². The fourth-order valence-electron chi connectivity index (χ4n) is 2.15. The van der Waals surface area contributed by atoms with Gasteiger partial charge in [-0.15, -0.1) is 0 Å². The van der Waals surface area contributed by atoms with E-state index in [1.165, 1.54) is 22.6 Å². The zero-order valence-electron chi connectivity index (χ0n) is 11.1. The number of pyridine rings is 1. The summed E-state index contributed by atoms with van der Waals surface area (Å²) in [6.45, 7) is 0. The minimum absolute atomic E-state index is 0.00926. The lowest BCUT2D eigenvalue weighted by Crippen LogP contribution is -2.20. The fraction of sp³-hybridized carbons (Fsp3) is 0.0769. The van der Waals surface area contributed by atoms with Gasteiger partial charge in [0.15, 0.2) is 11.6 Å². The molecule has 22 heavy (non-hydrogen) atoms. The number of carboxylic acid groups (broad SMARTS) is 1. The van der Waals surface area contributed by atoms with E-state index in [0.29, 0.717) is 6.07 Å². The normalized spacial score (nSPS) is 11.0. The first-order valence-corrected chi connectivity index (χ1v) is 6.02. The number of halogens is 2. The van der Waals surface area contributed by atoms with Crippen LogP contribution in [0.2, 0.25) is 0 Å². The van der Waals surface area contributed by atoms with Crippen LogP contribution in [0.5, 0.6) is 0 Å². The van der Waals surface area contributed by atoms with Gasteiger partial charge in [-0.3, -0.25) is 9.36 Å². The highest BCUT2D eigenvalue weighted by Gasteiger charge is 2.19. The van der Waals surface area contributed by atoms with Crippen molar-refractivity contribution in [1.82, 2.24) is 19.3 Å². The summed E-state index contributed by atoms with van der Waals surface area (Å²) in [6, 6.07) is 1.48. The Bertz CT molecular complexity index is 977. The van der Waals surface area contributed by atoms with Crippen LogP contribution in [0.1, 0.15) is 10.4 Å². The summed E-state index contributed by atoms with van der Waals surface area (Å²) in [6.07, 6.45) is 2.22. The average Bonchev–Trinajstić information content (AvgIpc) is 2.87. The van der Waals surface area contributed by atoms with Crippen LogP contribution < -0.4 is 5.43 Å². The fourth-order valence-corrected chi connectivity index (χ4v) is 2.15. The molecule has 0 aliphatic heterocycles. The molecule has 0 spiro atoms. The molecule has 0 unspecified atom stereocenters. The van der Waals surface area contributed by atoms with Gasteiger partial charge in [0.25, 0.3) is 0 Å². The molecule has 3 rings (SSSR count). The summed E-state index contributed by atoms with van der Waals surface area (Å²) in [5.74, 6) is -3.73. The smallest absolute Gasteiger partial charge is 0.341 e. The minimum Gasteiger partial charge on any atom is -0.477 e. The Morgan fingerprint density at radius 3 is 2.55 bits per heavy atom. The molecule has 1 aromatic carbocycles. The van der Waals surface area contributed by atoms with Gasteiger partial charge in [0.05, 0.1) is 10.9 Å². The zero-order chi connectivity index (χ0) is 16.0. The van der Waals surface area contributed by atoms with Crippen molar-refractivity contribution in [2.24, 2.45) is 7.05 Å². The highest BCUT2D eigenvalue weighted by Crippen LogP contribution is 2.19. The van der Waals surface area contributed by atoms with Crippen molar-refractivity contribution in [1.29, 1.82) is 0 Å². The molecular weight excluding hydrogens is 298 g/mol. The first-order valence-electron chi connectivity index (χ1n) is 6.02. The van der Waals surface area contributed by atoms with E-state index in [1.807, 2.05) is 0 Å². The van der Waals surface area contributed by atoms with E-state index in [1.54, 1.807) is 0 Å². The van der Waals surface area contributed by atoms with Crippen molar-refractivity contribution < 1.29 is 18.7 Å². The number of aromatic carboxylic acids is 1. The van der Waals surface area contributed by atoms with Crippen LogP contribution in [0.25, 0.3) is 16.9 Å². The van der Waals surface area contributed by atoms with Crippen molar-refractivity contribution in [3.05, 3.63) is 52.1 Å². The summed E-state index contributed by atoms with van der Waals surface area (Å²) < 4.78 is 29.4. The number of carbonyl (C=O) groups is 1. The molecule has 0 saturated heterocycles. The summed E-state index contributed by atoms with van der Waals surface area (Å²) in [5, 5.41) is 12.7. The minimum atomic E-state index is -1.48. The molecule has 3 aromatic rings. The SMILES string of the molecule is Cn1ncnc1-n1cc(C(=O)O)c(=O)c2cc(F)c(F)cc21. The molecule has 2 aromatic heterocycles. The van der Waals surface area contributed by atoms with Gasteiger partial charge in [-0.05, 0) is 6.07 Å². The van der Waals surface area contributed by atoms with Gasteiger partial charge in [0.2, 0.25) is 11.4 Å². The number of hydrogen-bond donors (Lipinski definition) is 1. The number of carboxylic acids is 1. The summed E-state index contributed by atoms with van der Waals surface area (Å²) in [4.78, 5) is 27.2. The Balaban J connectivity index is 2.53. The maximum atomic E-state index is 13.5. The molecule has 0 aliphatic carbocycles. The van der Waals surface area contributed by atoms with E-state index < -0.39 is 28.6 Å². The van der Waals surface area contributed by atoms with Crippen molar-refractivity contribution in [3.8, 4) is 5.95 Å².